The summed E-state index contributed by atoms with van der Waals surface area (Å²) in [4.78, 5) is 0. The van der Waals surface area contributed by atoms with Crippen LogP contribution in [0.1, 0.15) is 6.92 Å². The lowest BCUT2D eigenvalue weighted by Gasteiger charge is -1.89. The molecule has 0 saturated carbocycles. The van der Waals surface area contributed by atoms with Crippen LogP contribution in [0.3, 0.4) is 0 Å². The highest BCUT2D eigenvalue weighted by atomic mass is 15.3. The molecule has 0 radical (unpaired) electrons. The highest BCUT2D eigenvalue weighted by Gasteiger charge is 1.72. The van der Waals surface area contributed by atoms with Gasteiger partial charge in [-0.15, -0.1) is 0 Å². The molecule has 0 fully saturated rings. The van der Waals surface area contributed by atoms with Gasteiger partial charge in [-0.25, -0.2) is 5.43 Å². The molecule has 0 aliphatic rings. The normalized spacial score (nSPS) is 9.29. The summed E-state index contributed by atoms with van der Waals surface area (Å²) in [5.41, 5.74) is 7.06. The Morgan fingerprint density at radius 2 is 2.57 bits per heavy atom. The number of rotatable bonds is 1. The van der Waals surface area contributed by atoms with Crippen molar-refractivity contribution < 1.29 is 0 Å². The Balaban J connectivity index is 3.14. The van der Waals surface area contributed by atoms with Gasteiger partial charge in [-0.05, 0) is 6.92 Å². The summed E-state index contributed by atoms with van der Waals surface area (Å²) in [5, 5.41) is 10.00. The lowest BCUT2D eigenvalue weighted by molar-refractivity contribution is 1.00. The molecule has 0 aliphatic carbocycles. The summed E-state index contributed by atoms with van der Waals surface area (Å²) in [6, 6.07) is 0. The largest absolute Gasteiger partial charge is 0.369 e. The predicted molar refractivity (Wildman–Crippen MR) is 29.2 cm³/mol. The molecule has 4 nitrogen and oxygen atoms in total. The van der Waals surface area contributed by atoms with Crippen molar-refractivity contribution in [3.05, 3.63) is 0 Å². The van der Waals surface area contributed by atoms with Crippen LogP contribution < -0.4 is 11.2 Å². The van der Waals surface area contributed by atoms with E-state index in [1.54, 1.807) is 6.92 Å². The molecule has 0 aromatic carbocycles. The zero-order chi connectivity index (χ0) is 5.70. The topological polar surface area (TPSA) is 74.3 Å². The van der Waals surface area contributed by atoms with Crippen molar-refractivity contribution in [3.63, 3.8) is 0 Å². The lowest BCUT2D eigenvalue weighted by Crippen LogP contribution is -2.25. The van der Waals surface area contributed by atoms with E-state index < -0.39 is 0 Å². The second-order valence-corrected chi connectivity index (χ2v) is 0.913. The monoisotopic (exact) mass is 100 g/mol. The van der Waals surface area contributed by atoms with Crippen LogP contribution in [0.15, 0.2) is 5.10 Å². The summed E-state index contributed by atoms with van der Waals surface area (Å²) in [6.07, 6.45) is 1.52. The molecule has 0 amide bonds. The van der Waals surface area contributed by atoms with E-state index in [-0.39, 0.29) is 5.96 Å². The zero-order valence-corrected chi connectivity index (χ0v) is 4.10. The fraction of sp³-hybridized carbons (Fsp3) is 0.333. The zero-order valence-electron chi connectivity index (χ0n) is 4.10. The number of nitrogens with two attached hydrogens (primary N) is 1. The van der Waals surface area contributed by atoms with Crippen molar-refractivity contribution in [2.75, 3.05) is 0 Å². The molecule has 0 saturated heterocycles. The van der Waals surface area contributed by atoms with E-state index in [0.29, 0.717) is 0 Å². The van der Waals surface area contributed by atoms with E-state index in [9.17, 15) is 0 Å². The van der Waals surface area contributed by atoms with E-state index >= 15 is 0 Å². The second-order valence-electron chi connectivity index (χ2n) is 0.913. The summed E-state index contributed by atoms with van der Waals surface area (Å²) in [6.45, 7) is 1.73. The molecular formula is C3H8N4. The van der Waals surface area contributed by atoms with E-state index in [1.165, 1.54) is 6.21 Å². The predicted octanol–water partition coefficient (Wildman–Crippen LogP) is -0.525. The third-order valence-corrected chi connectivity index (χ3v) is 0.314. The molecule has 0 bridgehead atoms. The van der Waals surface area contributed by atoms with Crippen LogP contribution in [0.25, 0.3) is 0 Å². The maximum Gasteiger partial charge on any atom is 0.206 e. The maximum atomic E-state index is 6.55. The van der Waals surface area contributed by atoms with Gasteiger partial charge in [0.05, 0.1) is 0 Å². The first-order valence-electron chi connectivity index (χ1n) is 1.85. The van der Waals surface area contributed by atoms with Crippen LogP contribution >= 0.6 is 0 Å². The van der Waals surface area contributed by atoms with E-state index in [4.69, 9.17) is 11.1 Å². The summed E-state index contributed by atoms with van der Waals surface area (Å²) < 4.78 is 0. The van der Waals surface area contributed by atoms with Crippen LogP contribution in [-0.4, -0.2) is 12.2 Å². The van der Waals surface area contributed by atoms with Crippen molar-refractivity contribution >= 4 is 12.2 Å². The minimum absolute atomic E-state index is 0.141. The second kappa shape index (κ2) is 3.14. The first-order valence-corrected chi connectivity index (χ1v) is 1.85. The van der Waals surface area contributed by atoms with E-state index in [1.807, 2.05) is 0 Å². The highest BCUT2D eigenvalue weighted by molar-refractivity contribution is 5.74. The van der Waals surface area contributed by atoms with Gasteiger partial charge in [-0.1, -0.05) is 0 Å². The molecule has 40 valence electrons. The average molecular weight is 100 g/mol. The molecule has 4 N–H and O–H groups in total. The molecule has 0 aromatic heterocycles. The smallest absolute Gasteiger partial charge is 0.206 e. The van der Waals surface area contributed by atoms with Crippen LogP contribution in [0.4, 0.5) is 0 Å². The van der Waals surface area contributed by atoms with Crippen molar-refractivity contribution in [1.29, 1.82) is 5.41 Å². The minimum atomic E-state index is -0.141. The number of hydrogen-bond acceptors (Lipinski definition) is 2. The highest BCUT2D eigenvalue weighted by Crippen LogP contribution is 1.49. The van der Waals surface area contributed by atoms with Gasteiger partial charge < -0.3 is 5.73 Å². The average Bonchev–Trinajstić information content (AvgIpc) is 1.61. The minimum Gasteiger partial charge on any atom is -0.369 e. The molecule has 0 atom stereocenters. The summed E-state index contributed by atoms with van der Waals surface area (Å²) in [5.74, 6) is -0.141. The Kier molecular flexibility index (Phi) is 2.67. The fourth-order valence-corrected chi connectivity index (χ4v) is 0.134. The SMILES string of the molecule is C/C=N\NC(=N)N. The molecule has 0 unspecified atom stereocenters. The third kappa shape index (κ3) is 4.94. The number of guanidine groups is 1. The van der Waals surface area contributed by atoms with Crippen molar-refractivity contribution in [3.8, 4) is 0 Å². The van der Waals surface area contributed by atoms with Gasteiger partial charge in [0, 0.05) is 6.21 Å². The molecule has 0 aliphatic heterocycles. The van der Waals surface area contributed by atoms with Crippen molar-refractivity contribution in [2.45, 2.75) is 6.92 Å². The molecule has 0 spiro atoms. The molecular weight excluding hydrogens is 92.1 g/mol. The molecule has 0 rings (SSSR count). The third-order valence-electron chi connectivity index (χ3n) is 0.314. The van der Waals surface area contributed by atoms with Crippen LogP contribution in [0.5, 0.6) is 0 Å². The first-order chi connectivity index (χ1) is 3.27. The summed E-state index contributed by atoms with van der Waals surface area (Å²) >= 11 is 0. The Hall–Kier alpha value is -1.06. The standard InChI is InChI=1S/C3H8N4/c1-2-6-7-3(4)5/h2H,1H3,(H4,4,5,7)/b6-2-. The van der Waals surface area contributed by atoms with E-state index in [0.717, 1.165) is 0 Å². The van der Waals surface area contributed by atoms with Gasteiger partial charge in [0.1, 0.15) is 0 Å². The maximum absolute atomic E-state index is 6.55. The lowest BCUT2D eigenvalue weighted by atomic mass is 10.9. The number of nitrogens with one attached hydrogen (secondary N) is 2. The van der Waals surface area contributed by atoms with Gasteiger partial charge in [-0.3, -0.25) is 5.41 Å². The number of hydrazone groups is 1. The molecule has 0 aromatic rings. The number of hydrogen-bond donors (Lipinski definition) is 3. The fourth-order valence-electron chi connectivity index (χ4n) is 0.134. The van der Waals surface area contributed by atoms with Gasteiger partial charge in [0.2, 0.25) is 5.96 Å². The van der Waals surface area contributed by atoms with Gasteiger partial charge in [-0.2, -0.15) is 5.10 Å². The number of nitrogens with zero attached hydrogens (tertiary/aromatic N) is 1. The van der Waals surface area contributed by atoms with E-state index in [2.05, 4.69) is 10.5 Å². The van der Waals surface area contributed by atoms with Gasteiger partial charge in [0.25, 0.3) is 0 Å². The van der Waals surface area contributed by atoms with Crippen molar-refractivity contribution in [2.24, 2.45) is 10.8 Å². The van der Waals surface area contributed by atoms with Crippen LogP contribution in [0, 0.1) is 5.41 Å². The van der Waals surface area contributed by atoms with Crippen LogP contribution in [0.2, 0.25) is 0 Å². The van der Waals surface area contributed by atoms with Gasteiger partial charge in [0.15, 0.2) is 0 Å². The Labute approximate surface area is 41.9 Å². The van der Waals surface area contributed by atoms with Gasteiger partial charge >= 0.3 is 0 Å². The Morgan fingerprint density at radius 1 is 2.00 bits per heavy atom. The van der Waals surface area contributed by atoms with Crippen molar-refractivity contribution in [1.82, 2.24) is 5.43 Å². The Morgan fingerprint density at radius 3 is 2.71 bits per heavy atom. The van der Waals surface area contributed by atoms with Crippen LogP contribution in [-0.2, 0) is 0 Å². The molecule has 7 heavy (non-hydrogen) atoms. The molecule has 4 heteroatoms. The molecule has 0 heterocycles. The quantitative estimate of drug-likeness (QED) is 0.235. The Bertz CT molecular complexity index is 84.9. The first kappa shape index (κ1) is 5.94. The summed E-state index contributed by atoms with van der Waals surface area (Å²) in [7, 11) is 0.